The molecule has 0 atom stereocenters. The maximum Gasteiger partial charge on any atom is 0.255 e. The number of benzene rings is 2. The lowest BCUT2D eigenvalue weighted by Gasteiger charge is -2.12. The summed E-state index contributed by atoms with van der Waals surface area (Å²) in [5, 5.41) is 9.56. The van der Waals surface area contributed by atoms with E-state index >= 15 is 0 Å². The summed E-state index contributed by atoms with van der Waals surface area (Å²) in [6, 6.07) is 13.8. The lowest BCUT2D eigenvalue weighted by atomic mass is 10.1. The van der Waals surface area contributed by atoms with Gasteiger partial charge in [-0.1, -0.05) is 30.3 Å². The summed E-state index contributed by atoms with van der Waals surface area (Å²) in [6.07, 6.45) is 0.834. The molecule has 0 bridgehead atoms. The third-order valence-electron chi connectivity index (χ3n) is 4.62. The minimum absolute atomic E-state index is 0.218. The molecule has 0 unspecified atom stereocenters. The highest BCUT2D eigenvalue weighted by Gasteiger charge is 2.15. The van der Waals surface area contributed by atoms with Crippen LogP contribution in [0.4, 0.5) is 5.69 Å². The number of nitrogens with one attached hydrogen (secondary N) is 2. The molecule has 3 aromatic rings. The molecule has 0 aliphatic carbocycles. The largest absolute Gasteiger partial charge is 0.489 e. The van der Waals surface area contributed by atoms with Gasteiger partial charge in [0.15, 0.2) is 0 Å². The van der Waals surface area contributed by atoms with Crippen molar-refractivity contribution in [3.8, 4) is 5.75 Å². The molecule has 2 aromatic carbocycles. The molecule has 0 aliphatic rings. The second-order valence-electron chi connectivity index (χ2n) is 6.87. The van der Waals surface area contributed by atoms with Gasteiger partial charge in [0, 0.05) is 12.1 Å². The van der Waals surface area contributed by atoms with Gasteiger partial charge in [-0.25, -0.2) is 0 Å². The van der Waals surface area contributed by atoms with E-state index in [9.17, 15) is 9.59 Å². The van der Waals surface area contributed by atoms with E-state index in [0.717, 1.165) is 17.7 Å². The number of para-hydroxylation sites is 1. The van der Waals surface area contributed by atoms with Crippen molar-refractivity contribution >= 4 is 17.5 Å². The van der Waals surface area contributed by atoms with Gasteiger partial charge in [0.05, 0.1) is 22.5 Å². The highest BCUT2D eigenvalue weighted by Crippen LogP contribution is 2.20. The second-order valence-corrected chi connectivity index (χ2v) is 6.87. The summed E-state index contributed by atoms with van der Waals surface area (Å²) in [6.45, 7) is 6.54. The zero-order valence-electron chi connectivity index (χ0n) is 17.3. The van der Waals surface area contributed by atoms with Crippen LogP contribution in [0.2, 0.25) is 0 Å². The summed E-state index contributed by atoms with van der Waals surface area (Å²) in [7, 11) is 0. The quantitative estimate of drug-likeness (QED) is 0.582. The molecular weight excluding hydrogens is 382 g/mol. The van der Waals surface area contributed by atoms with E-state index in [1.54, 1.807) is 48.5 Å². The molecule has 156 valence electrons. The molecule has 0 saturated carbocycles. The van der Waals surface area contributed by atoms with Gasteiger partial charge >= 0.3 is 0 Å². The van der Waals surface area contributed by atoms with Crippen LogP contribution in [0, 0.1) is 13.8 Å². The van der Waals surface area contributed by atoms with Crippen molar-refractivity contribution < 1.29 is 18.8 Å². The molecule has 0 radical (unpaired) electrons. The van der Waals surface area contributed by atoms with Gasteiger partial charge in [0.2, 0.25) is 0 Å². The molecule has 0 aliphatic heterocycles. The molecule has 2 amide bonds. The topological polar surface area (TPSA) is 93.5 Å². The van der Waals surface area contributed by atoms with E-state index in [4.69, 9.17) is 9.26 Å². The van der Waals surface area contributed by atoms with Crippen LogP contribution in [0.15, 0.2) is 53.1 Å². The van der Waals surface area contributed by atoms with Crippen LogP contribution in [0.1, 0.15) is 51.1 Å². The van der Waals surface area contributed by atoms with E-state index < -0.39 is 0 Å². The van der Waals surface area contributed by atoms with Crippen molar-refractivity contribution in [2.24, 2.45) is 0 Å². The second kappa shape index (κ2) is 9.73. The van der Waals surface area contributed by atoms with E-state index in [0.29, 0.717) is 41.5 Å². The molecule has 1 heterocycles. The Morgan fingerprint density at radius 2 is 1.87 bits per heavy atom. The van der Waals surface area contributed by atoms with Gasteiger partial charge in [-0.2, -0.15) is 0 Å². The fourth-order valence-electron chi connectivity index (χ4n) is 2.91. The standard InChI is InChI=1S/C23H25N3O4/c1-4-12-24-23(28)19-10-5-6-11-21(19)25-22(27)17-8-7-9-18(13-17)29-14-20-15(2)26-30-16(20)3/h5-11,13H,4,12,14H2,1-3H3,(H,24,28)(H,25,27). The van der Waals surface area contributed by atoms with Gasteiger partial charge in [0.1, 0.15) is 18.1 Å². The minimum Gasteiger partial charge on any atom is -0.489 e. The summed E-state index contributed by atoms with van der Waals surface area (Å²) < 4.78 is 11.0. The summed E-state index contributed by atoms with van der Waals surface area (Å²) in [5.74, 6) is 0.716. The maximum absolute atomic E-state index is 12.8. The number of amides is 2. The minimum atomic E-state index is -0.325. The zero-order valence-corrected chi connectivity index (χ0v) is 17.3. The first-order chi connectivity index (χ1) is 14.5. The number of aryl methyl sites for hydroxylation is 2. The number of aromatic nitrogens is 1. The Hall–Kier alpha value is -3.61. The van der Waals surface area contributed by atoms with Gasteiger partial charge in [0.25, 0.3) is 11.8 Å². The van der Waals surface area contributed by atoms with Crippen molar-refractivity contribution in [1.82, 2.24) is 10.5 Å². The van der Waals surface area contributed by atoms with Crippen LogP contribution in [-0.4, -0.2) is 23.5 Å². The fourth-order valence-corrected chi connectivity index (χ4v) is 2.91. The number of hydrogen-bond acceptors (Lipinski definition) is 5. The molecular formula is C23H25N3O4. The van der Waals surface area contributed by atoms with E-state index in [-0.39, 0.29) is 11.8 Å². The summed E-state index contributed by atoms with van der Waals surface area (Å²) >= 11 is 0. The van der Waals surface area contributed by atoms with E-state index in [2.05, 4.69) is 15.8 Å². The lowest BCUT2D eigenvalue weighted by Crippen LogP contribution is -2.25. The van der Waals surface area contributed by atoms with Crippen molar-refractivity contribution in [2.45, 2.75) is 33.8 Å². The number of carbonyl (C=O) groups excluding carboxylic acids is 2. The van der Waals surface area contributed by atoms with Crippen molar-refractivity contribution in [3.63, 3.8) is 0 Å². The van der Waals surface area contributed by atoms with Gasteiger partial charge in [-0.3, -0.25) is 9.59 Å². The number of ether oxygens (including phenoxy) is 1. The van der Waals surface area contributed by atoms with Crippen LogP contribution in [0.3, 0.4) is 0 Å². The third-order valence-corrected chi connectivity index (χ3v) is 4.62. The Kier molecular flexibility index (Phi) is 6.85. The Bertz CT molecular complexity index is 1020. The van der Waals surface area contributed by atoms with Crippen LogP contribution in [0.5, 0.6) is 5.75 Å². The first kappa shape index (κ1) is 21.1. The Balaban J connectivity index is 1.71. The van der Waals surface area contributed by atoms with Crippen molar-refractivity contribution in [1.29, 1.82) is 0 Å². The number of hydrogen-bond donors (Lipinski definition) is 2. The highest BCUT2D eigenvalue weighted by molar-refractivity contribution is 6.09. The molecule has 7 heteroatoms. The molecule has 0 saturated heterocycles. The SMILES string of the molecule is CCCNC(=O)c1ccccc1NC(=O)c1cccc(OCc2c(C)noc2C)c1. The maximum atomic E-state index is 12.8. The van der Waals surface area contributed by atoms with E-state index in [1.165, 1.54) is 0 Å². The Morgan fingerprint density at radius 3 is 2.60 bits per heavy atom. The van der Waals surface area contributed by atoms with Gasteiger partial charge in [-0.05, 0) is 50.6 Å². The molecule has 2 N–H and O–H groups in total. The molecule has 0 spiro atoms. The average molecular weight is 407 g/mol. The van der Waals surface area contributed by atoms with Gasteiger partial charge in [-0.15, -0.1) is 0 Å². The lowest BCUT2D eigenvalue weighted by molar-refractivity contribution is 0.0954. The van der Waals surface area contributed by atoms with Crippen LogP contribution >= 0.6 is 0 Å². The molecule has 1 aromatic heterocycles. The summed E-state index contributed by atoms with van der Waals surface area (Å²) in [5.41, 5.74) is 2.97. The summed E-state index contributed by atoms with van der Waals surface area (Å²) in [4.78, 5) is 25.1. The first-order valence-electron chi connectivity index (χ1n) is 9.82. The third kappa shape index (κ3) is 5.05. The number of nitrogens with zero attached hydrogens (tertiary/aromatic N) is 1. The fraction of sp³-hybridized carbons (Fsp3) is 0.261. The van der Waals surface area contributed by atoms with Gasteiger partial charge < -0.3 is 19.9 Å². The van der Waals surface area contributed by atoms with Crippen LogP contribution in [-0.2, 0) is 6.61 Å². The Morgan fingerprint density at radius 1 is 1.07 bits per heavy atom. The van der Waals surface area contributed by atoms with Crippen LogP contribution < -0.4 is 15.4 Å². The number of carbonyl (C=O) groups is 2. The number of rotatable bonds is 8. The van der Waals surface area contributed by atoms with Crippen LogP contribution in [0.25, 0.3) is 0 Å². The van der Waals surface area contributed by atoms with Crippen molar-refractivity contribution in [2.75, 3.05) is 11.9 Å². The molecule has 3 rings (SSSR count). The van der Waals surface area contributed by atoms with E-state index in [1.807, 2.05) is 20.8 Å². The average Bonchev–Trinajstić information content (AvgIpc) is 3.08. The number of anilines is 1. The van der Waals surface area contributed by atoms with Crippen molar-refractivity contribution in [3.05, 3.63) is 76.7 Å². The smallest absolute Gasteiger partial charge is 0.255 e. The Labute approximate surface area is 175 Å². The normalized spacial score (nSPS) is 10.5. The molecule has 0 fully saturated rings. The molecule has 30 heavy (non-hydrogen) atoms. The monoisotopic (exact) mass is 407 g/mol. The molecule has 7 nitrogen and oxygen atoms in total. The predicted molar refractivity (Wildman–Crippen MR) is 114 cm³/mol. The predicted octanol–water partition coefficient (Wildman–Crippen LogP) is 4.26. The first-order valence-corrected chi connectivity index (χ1v) is 9.82. The highest BCUT2D eigenvalue weighted by atomic mass is 16.5. The zero-order chi connectivity index (χ0) is 21.5.